The van der Waals surface area contributed by atoms with Crippen LogP contribution in [0.1, 0.15) is 35.7 Å². The number of aromatic nitrogens is 4. The van der Waals surface area contributed by atoms with Crippen LogP contribution in [-0.2, 0) is 29.4 Å². The van der Waals surface area contributed by atoms with Crippen molar-refractivity contribution in [2.24, 2.45) is 12.8 Å². The van der Waals surface area contributed by atoms with E-state index >= 15 is 0 Å². The molecule has 0 aliphatic carbocycles. The number of alkyl halides is 5. The fraction of sp³-hybridized carbons (Fsp3) is 0.433. The molecule has 1 saturated heterocycles. The van der Waals surface area contributed by atoms with Crippen LogP contribution in [0, 0.1) is 0 Å². The first-order chi connectivity index (χ1) is 23.2. The molecule has 0 saturated carbocycles. The van der Waals surface area contributed by atoms with Crippen molar-refractivity contribution in [2.75, 3.05) is 51.1 Å². The van der Waals surface area contributed by atoms with Gasteiger partial charge in [-0.2, -0.15) is 18.3 Å². The number of carbonyl (C=O) groups is 3. The van der Waals surface area contributed by atoms with Crippen molar-refractivity contribution in [3.8, 4) is 11.3 Å². The van der Waals surface area contributed by atoms with E-state index in [1.165, 1.54) is 23.9 Å². The van der Waals surface area contributed by atoms with Gasteiger partial charge in [0, 0.05) is 58.2 Å². The van der Waals surface area contributed by atoms with Crippen LogP contribution in [0.3, 0.4) is 0 Å². The number of carbonyl (C=O) groups excluding carboxylic acids is 2. The lowest BCUT2D eigenvalue weighted by Crippen LogP contribution is -2.51. The third kappa shape index (κ3) is 11.3. The molecule has 49 heavy (non-hydrogen) atoms. The molecule has 5 N–H and O–H groups in total. The van der Waals surface area contributed by atoms with Crippen molar-refractivity contribution in [1.29, 1.82) is 0 Å². The summed E-state index contributed by atoms with van der Waals surface area (Å²) >= 11 is 6.45. The molecule has 1 aliphatic rings. The summed E-state index contributed by atoms with van der Waals surface area (Å²) in [5.74, 6) is -0.230. The molecule has 0 unspecified atom stereocenters. The summed E-state index contributed by atoms with van der Waals surface area (Å²) in [6, 6.07) is 4.66. The third-order valence-corrected chi connectivity index (χ3v) is 7.19. The summed E-state index contributed by atoms with van der Waals surface area (Å²) in [5, 5.41) is 16.1. The number of carboxylic acid groups (broad SMARTS) is 1. The monoisotopic (exact) mass is 719 g/mol. The van der Waals surface area contributed by atoms with E-state index in [-0.39, 0.29) is 52.6 Å². The molecule has 0 spiro atoms. The predicted octanol–water partition coefficient (Wildman–Crippen LogP) is 3.86. The van der Waals surface area contributed by atoms with Crippen molar-refractivity contribution in [3.05, 3.63) is 59.3 Å². The van der Waals surface area contributed by atoms with E-state index in [1.54, 1.807) is 17.0 Å². The minimum Gasteiger partial charge on any atom is -0.483 e. The first-order valence-corrected chi connectivity index (χ1v) is 15.3. The number of hydrogen-bond donors (Lipinski definition) is 4. The molecule has 3 heterocycles. The second kappa shape index (κ2) is 18.8. The van der Waals surface area contributed by atoms with Crippen LogP contribution in [0.15, 0.2) is 37.2 Å². The topological polar surface area (TPSA) is 164 Å². The fourth-order valence-corrected chi connectivity index (χ4v) is 5.00. The van der Waals surface area contributed by atoms with Gasteiger partial charge in [0.05, 0.1) is 40.3 Å². The summed E-state index contributed by atoms with van der Waals surface area (Å²) in [6.45, 7) is 9.50. The molecule has 13 nitrogen and oxygen atoms in total. The Hall–Kier alpha value is -4.55. The quantitative estimate of drug-likeness (QED) is 0.170. The minimum absolute atomic E-state index is 0.00828. The van der Waals surface area contributed by atoms with Gasteiger partial charge in [-0.1, -0.05) is 32.0 Å². The zero-order valence-electron chi connectivity index (χ0n) is 27.1. The van der Waals surface area contributed by atoms with E-state index in [9.17, 15) is 31.5 Å². The Morgan fingerprint density at radius 3 is 2.37 bits per heavy atom. The highest BCUT2D eigenvalue weighted by atomic mass is 35.5. The van der Waals surface area contributed by atoms with Crippen molar-refractivity contribution in [1.82, 2.24) is 34.4 Å². The number of nitrogens with zero attached hydrogens (tertiary/aromatic N) is 6. The van der Waals surface area contributed by atoms with Crippen molar-refractivity contribution in [2.45, 2.75) is 33.0 Å². The normalized spacial score (nSPS) is 13.2. The average molecular weight is 720 g/mol. The fourth-order valence-electron chi connectivity index (χ4n) is 4.74. The Bertz CT molecular complexity index is 1570. The van der Waals surface area contributed by atoms with Gasteiger partial charge in [0.1, 0.15) is 6.54 Å². The summed E-state index contributed by atoms with van der Waals surface area (Å²) in [5.41, 5.74) is 4.59. The van der Waals surface area contributed by atoms with E-state index in [1.807, 2.05) is 18.7 Å². The Morgan fingerprint density at radius 2 is 1.82 bits per heavy atom. The first-order valence-electron chi connectivity index (χ1n) is 15.0. The SMILES string of the molecule is C=C(Nc1ccc(C(=O)N2CCN(CC(=O)NCCN)CC2)c(Cl)c1)c1ncc(-c2cn(CC(F)F)nc2C(F)(F)F)n1C.CC.O=CO. The second-order valence-corrected chi connectivity index (χ2v) is 10.5. The van der Waals surface area contributed by atoms with Crippen LogP contribution in [0.4, 0.5) is 27.6 Å². The smallest absolute Gasteiger partial charge is 0.435 e. The van der Waals surface area contributed by atoms with E-state index in [4.69, 9.17) is 27.2 Å². The highest BCUT2D eigenvalue weighted by Gasteiger charge is 2.38. The number of anilines is 1. The van der Waals surface area contributed by atoms with Gasteiger partial charge in [0.15, 0.2) is 11.5 Å². The maximum absolute atomic E-state index is 13.6. The summed E-state index contributed by atoms with van der Waals surface area (Å²) < 4.78 is 68.4. The van der Waals surface area contributed by atoms with Gasteiger partial charge >= 0.3 is 6.18 Å². The Labute approximate surface area is 284 Å². The molecule has 1 fully saturated rings. The van der Waals surface area contributed by atoms with Crippen LogP contribution >= 0.6 is 11.6 Å². The number of nitrogens with two attached hydrogens (primary N) is 1. The molecular formula is C30H39ClF5N9O4. The van der Waals surface area contributed by atoms with Gasteiger partial charge < -0.3 is 30.9 Å². The molecule has 1 aliphatic heterocycles. The molecule has 3 aromatic rings. The Morgan fingerprint density at radius 1 is 1.18 bits per heavy atom. The predicted molar refractivity (Wildman–Crippen MR) is 174 cm³/mol. The Balaban J connectivity index is 0.00000158. The van der Waals surface area contributed by atoms with E-state index in [0.29, 0.717) is 49.6 Å². The standard InChI is InChI=1S/C27H31ClF5N9O2.C2H6.CH2O2/c1-16(25-36-12-21(39(25)2)19-13-42(14-22(29)30)38-24(19)27(31,32)33)37-17-3-4-18(20(28)11-17)26(44)41-9-7-40(8-10-41)15-23(43)35-6-5-34;1-2;2-1-3/h3-4,11-13,22,37H,1,5-10,14-15,34H2,2H3,(H,35,43);1-2H3;1H,(H,2,3). The van der Waals surface area contributed by atoms with Gasteiger partial charge in [0.25, 0.3) is 18.8 Å². The van der Waals surface area contributed by atoms with Crippen LogP contribution in [0.25, 0.3) is 17.0 Å². The summed E-state index contributed by atoms with van der Waals surface area (Å²) in [4.78, 5) is 41.2. The number of imidazole rings is 1. The minimum atomic E-state index is -4.88. The second-order valence-electron chi connectivity index (χ2n) is 10.1. The van der Waals surface area contributed by atoms with Crippen LogP contribution in [0.2, 0.25) is 5.02 Å². The largest absolute Gasteiger partial charge is 0.483 e. The molecular weight excluding hydrogens is 681 g/mol. The highest BCUT2D eigenvalue weighted by molar-refractivity contribution is 6.34. The zero-order valence-corrected chi connectivity index (χ0v) is 27.9. The Kier molecular flexibility index (Phi) is 15.6. The number of rotatable bonds is 11. The number of halogens is 6. The van der Waals surface area contributed by atoms with Crippen LogP contribution in [0.5, 0.6) is 0 Å². The van der Waals surface area contributed by atoms with Gasteiger partial charge in [-0.3, -0.25) is 24.0 Å². The third-order valence-electron chi connectivity index (χ3n) is 6.88. The highest BCUT2D eigenvalue weighted by Crippen LogP contribution is 2.37. The molecule has 0 atom stereocenters. The van der Waals surface area contributed by atoms with Gasteiger partial charge in [-0.25, -0.2) is 13.8 Å². The lowest BCUT2D eigenvalue weighted by atomic mass is 10.1. The van der Waals surface area contributed by atoms with Gasteiger partial charge in [0.2, 0.25) is 5.91 Å². The molecule has 2 amide bonds. The first kappa shape index (κ1) is 40.6. The molecule has 4 rings (SSSR count). The average Bonchev–Trinajstić information content (AvgIpc) is 3.64. The van der Waals surface area contributed by atoms with Crippen LogP contribution in [-0.4, -0.2) is 105 Å². The molecule has 1 aromatic carbocycles. The molecule has 2 aromatic heterocycles. The number of hydrogen-bond acceptors (Lipinski definition) is 8. The number of benzene rings is 1. The molecule has 0 radical (unpaired) electrons. The molecule has 0 bridgehead atoms. The van der Waals surface area contributed by atoms with Gasteiger partial charge in [-0.05, 0) is 18.2 Å². The van der Waals surface area contributed by atoms with Crippen molar-refractivity contribution >= 4 is 41.3 Å². The molecule has 270 valence electrons. The van der Waals surface area contributed by atoms with E-state index in [0.717, 1.165) is 6.20 Å². The van der Waals surface area contributed by atoms with Crippen molar-refractivity contribution < 1.29 is 41.4 Å². The number of nitrogens with one attached hydrogen (secondary N) is 2. The maximum atomic E-state index is 13.6. The summed E-state index contributed by atoms with van der Waals surface area (Å²) in [6.07, 6.45) is -5.70. The van der Waals surface area contributed by atoms with E-state index < -0.39 is 30.4 Å². The maximum Gasteiger partial charge on any atom is 0.435 e. The summed E-state index contributed by atoms with van der Waals surface area (Å²) in [7, 11) is 1.45. The molecule has 19 heteroatoms. The number of amides is 2. The van der Waals surface area contributed by atoms with E-state index in [2.05, 4.69) is 27.3 Å². The lowest BCUT2D eigenvalue weighted by Gasteiger charge is -2.34. The van der Waals surface area contributed by atoms with Crippen molar-refractivity contribution in [3.63, 3.8) is 0 Å². The lowest BCUT2D eigenvalue weighted by molar-refractivity contribution is -0.141. The number of piperazine rings is 1. The van der Waals surface area contributed by atoms with Crippen LogP contribution < -0.4 is 16.4 Å². The van der Waals surface area contributed by atoms with Gasteiger partial charge in [-0.15, -0.1) is 0 Å². The zero-order chi connectivity index (χ0) is 36.9.